The quantitative estimate of drug-likeness (QED) is 0.625. The van der Waals surface area contributed by atoms with Crippen LogP contribution in [-0.2, 0) is 0 Å². The van der Waals surface area contributed by atoms with E-state index in [2.05, 4.69) is 19.6 Å². The van der Waals surface area contributed by atoms with Crippen LogP contribution in [-0.4, -0.2) is 11.2 Å². The maximum absolute atomic E-state index is 9.31. The zero-order chi connectivity index (χ0) is 9.14. The molecule has 1 aliphatic rings. The molecular weight excluding hydrogens is 148 g/mol. The van der Waals surface area contributed by atoms with Gasteiger partial charge in [-0.25, -0.2) is 0 Å². The van der Waals surface area contributed by atoms with Gasteiger partial charge < -0.3 is 5.11 Å². The SMILES string of the molecule is C=C(C)[C@@H]1CC=C(C(C)O)CC1. The van der Waals surface area contributed by atoms with Crippen LogP contribution in [0, 0.1) is 5.92 Å². The fraction of sp³-hybridized carbons (Fsp3) is 0.636. The lowest BCUT2D eigenvalue weighted by Crippen LogP contribution is -2.13. The molecule has 1 N–H and O–H groups in total. The molecule has 0 aromatic heterocycles. The van der Waals surface area contributed by atoms with Crippen molar-refractivity contribution in [3.63, 3.8) is 0 Å². The monoisotopic (exact) mass is 166 g/mol. The molecule has 0 fully saturated rings. The molecule has 0 bridgehead atoms. The molecule has 0 amide bonds. The molecule has 1 unspecified atom stereocenters. The van der Waals surface area contributed by atoms with E-state index in [0.29, 0.717) is 5.92 Å². The van der Waals surface area contributed by atoms with Crippen LogP contribution < -0.4 is 0 Å². The van der Waals surface area contributed by atoms with Crippen LogP contribution in [0.1, 0.15) is 33.1 Å². The van der Waals surface area contributed by atoms with Crippen LogP contribution >= 0.6 is 0 Å². The maximum Gasteiger partial charge on any atom is 0.0721 e. The average Bonchev–Trinajstić information content (AvgIpc) is 2.04. The molecule has 0 spiro atoms. The van der Waals surface area contributed by atoms with Gasteiger partial charge in [0.15, 0.2) is 0 Å². The van der Waals surface area contributed by atoms with Gasteiger partial charge in [-0.15, -0.1) is 0 Å². The molecule has 0 aromatic rings. The van der Waals surface area contributed by atoms with Gasteiger partial charge in [0, 0.05) is 0 Å². The van der Waals surface area contributed by atoms with Crippen molar-refractivity contribution in [1.82, 2.24) is 0 Å². The topological polar surface area (TPSA) is 20.2 Å². The molecule has 0 aromatic carbocycles. The van der Waals surface area contributed by atoms with Crippen LogP contribution in [0.2, 0.25) is 0 Å². The second kappa shape index (κ2) is 3.90. The summed E-state index contributed by atoms with van der Waals surface area (Å²) in [5, 5.41) is 9.31. The minimum atomic E-state index is -0.254. The molecule has 0 saturated heterocycles. The van der Waals surface area contributed by atoms with Crippen LogP contribution in [0.5, 0.6) is 0 Å². The lowest BCUT2D eigenvalue weighted by Gasteiger charge is -2.23. The highest BCUT2D eigenvalue weighted by atomic mass is 16.3. The Morgan fingerprint density at radius 3 is 2.75 bits per heavy atom. The highest BCUT2D eigenvalue weighted by molar-refractivity contribution is 5.14. The van der Waals surface area contributed by atoms with Gasteiger partial charge in [0.2, 0.25) is 0 Å². The second-order valence-electron chi connectivity index (χ2n) is 3.77. The van der Waals surface area contributed by atoms with E-state index in [-0.39, 0.29) is 6.10 Å². The van der Waals surface area contributed by atoms with E-state index < -0.39 is 0 Å². The summed E-state index contributed by atoms with van der Waals surface area (Å²) in [5.41, 5.74) is 2.48. The summed E-state index contributed by atoms with van der Waals surface area (Å²) in [6.07, 6.45) is 5.18. The molecule has 1 aliphatic carbocycles. The fourth-order valence-corrected chi connectivity index (χ4v) is 1.68. The Hall–Kier alpha value is -0.560. The first-order valence-corrected chi connectivity index (χ1v) is 4.63. The van der Waals surface area contributed by atoms with Gasteiger partial charge in [-0.1, -0.05) is 18.2 Å². The maximum atomic E-state index is 9.31. The van der Waals surface area contributed by atoms with Crippen molar-refractivity contribution in [2.45, 2.75) is 39.2 Å². The second-order valence-corrected chi connectivity index (χ2v) is 3.77. The minimum absolute atomic E-state index is 0.254. The molecule has 0 saturated carbocycles. The zero-order valence-electron chi connectivity index (χ0n) is 8.01. The predicted octanol–water partition coefficient (Wildman–Crippen LogP) is 2.67. The zero-order valence-corrected chi connectivity index (χ0v) is 8.01. The Morgan fingerprint density at radius 1 is 1.75 bits per heavy atom. The Bertz CT molecular complexity index is 201. The van der Waals surface area contributed by atoms with E-state index in [1.807, 2.05) is 6.92 Å². The van der Waals surface area contributed by atoms with Crippen molar-refractivity contribution in [3.8, 4) is 0 Å². The number of hydrogen-bond donors (Lipinski definition) is 1. The van der Waals surface area contributed by atoms with Gasteiger partial charge >= 0.3 is 0 Å². The van der Waals surface area contributed by atoms with Gasteiger partial charge in [0.05, 0.1) is 6.10 Å². The van der Waals surface area contributed by atoms with E-state index in [1.165, 1.54) is 11.1 Å². The highest BCUT2D eigenvalue weighted by Crippen LogP contribution is 2.29. The van der Waals surface area contributed by atoms with Gasteiger partial charge in [-0.3, -0.25) is 0 Å². The van der Waals surface area contributed by atoms with Crippen LogP contribution in [0.4, 0.5) is 0 Å². The van der Waals surface area contributed by atoms with E-state index in [4.69, 9.17) is 0 Å². The first-order chi connectivity index (χ1) is 5.61. The van der Waals surface area contributed by atoms with Gasteiger partial charge in [-0.2, -0.15) is 0 Å². The molecule has 0 aliphatic heterocycles. The third-order valence-corrected chi connectivity index (χ3v) is 2.68. The van der Waals surface area contributed by atoms with E-state index >= 15 is 0 Å². The van der Waals surface area contributed by atoms with Gasteiger partial charge in [-0.05, 0) is 44.6 Å². The number of rotatable bonds is 2. The Labute approximate surface area is 74.8 Å². The Morgan fingerprint density at radius 2 is 2.42 bits per heavy atom. The lowest BCUT2D eigenvalue weighted by atomic mass is 9.84. The number of allylic oxidation sites excluding steroid dienone is 2. The average molecular weight is 166 g/mol. The van der Waals surface area contributed by atoms with Gasteiger partial charge in [0.1, 0.15) is 0 Å². The summed E-state index contributed by atoms with van der Waals surface area (Å²) in [7, 11) is 0. The summed E-state index contributed by atoms with van der Waals surface area (Å²) in [6.45, 7) is 7.89. The molecule has 12 heavy (non-hydrogen) atoms. The first kappa shape index (κ1) is 9.53. The summed E-state index contributed by atoms with van der Waals surface area (Å²) in [6, 6.07) is 0. The van der Waals surface area contributed by atoms with Crippen molar-refractivity contribution < 1.29 is 5.11 Å². The fourth-order valence-electron chi connectivity index (χ4n) is 1.68. The van der Waals surface area contributed by atoms with Crippen LogP contribution in [0.3, 0.4) is 0 Å². The molecule has 1 heteroatoms. The third kappa shape index (κ3) is 2.21. The van der Waals surface area contributed by atoms with E-state index in [1.54, 1.807) is 0 Å². The Balaban J connectivity index is 2.53. The molecule has 2 atom stereocenters. The number of aliphatic hydroxyl groups excluding tert-OH is 1. The third-order valence-electron chi connectivity index (χ3n) is 2.68. The van der Waals surface area contributed by atoms with Crippen molar-refractivity contribution >= 4 is 0 Å². The van der Waals surface area contributed by atoms with Gasteiger partial charge in [0.25, 0.3) is 0 Å². The smallest absolute Gasteiger partial charge is 0.0721 e. The molecule has 0 heterocycles. The Kier molecular flexibility index (Phi) is 3.10. The molecule has 1 nitrogen and oxygen atoms in total. The summed E-state index contributed by atoms with van der Waals surface area (Å²) in [5.74, 6) is 0.646. The van der Waals surface area contributed by atoms with Crippen molar-refractivity contribution in [3.05, 3.63) is 23.8 Å². The van der Waals surface area contributed by atoms with E-state index in [0.717, 1.165) is 19.3 Å². The molecular formula is C11H18O. The van der Waals surface area contributed by atoms with Crippen molar-refractivity contribution in [1.29, 1.82) is 0 Å². The summed E-state index contributed by atoms with van der Waals surface area (Å²) >= 11 is 0. The van der Waals surface area contributed by atoms with Crippen molar-refractivity contribution in [2.75, 3.05) is 0 Å². The molecule has 0 radical (unpaired) electrons. The normalized spacial score (nSPS) is 26.2. The largest absolute Gasteiger partial charge is 0.389 e. The summed E-state index contributed by atoms with van der Waals surface area (Å²) < 4.78 is 0. The predicted molar refractivity (Wildman–Crippen MR) is 51.9 cm³/mol. The minimum Gasteiger partial charge on any atom is -0.389 e. The number of hydrogen-bond acceptors (Lipinski definition) is 1. The van der Waals surface area contributed by atoms with Crippen LogP contribution in [0.25, 0.3) is 0 Å². The number of aliphatic hydroxyl groups is 1. The van der Waals surface area contributed by atoms with Crippen molar-refractivity contribution in [2.24, 2.45) is 5.92 Å². The van der Waals surface area contributed by atoms with Crippen LogP contribution in [0.15, 0.2) is 23.8 Å². The summed E-state index contributed by atoms with van der Waals surface area (Å²) in [4.78, 5) is 0. The molecule has 1 rings (SSSR count). The van der Waals surface area contributed by atoms with E-state index in [9.17, 15) is 5.11 Å². The molecule has 68 valence electrons. The standard InChI is InChI=1S/C11H18O/c1-8(2)10-4-6-11(7-5-10)9(3)12/h6,9-10,12H,1,4-5,7H2,2-3H3/t9?,10-/m1/s1. The lowest BCUT2D eigenvalue weighted by molar-refractivity contribution is 0.222. The highest BCUT2D eigenvalue weighted by Gasteiger charge is 2.16. The first-order valence-electron chi connectivity index (χ1n) is 4.63.